The summed E-state index contributed by atoms with van der Waals surface area (Å²) in [6.07, 6.45) is 1.94. The number of esters is 1. The van der Waals surface area contributed by atoms with Crippen LogP contribution in [0, 0.1) is 11.7 Å². The molecule has 1 aliphatic heterocycles. The predicted molar refractivity (Wildman–Crippen MR) is 76.3 cm³/mol. The third kappa shape index (κ3) is 3.93. The van der Waals surface area contributed by atoms with E-state index in [1.54, 1.807) is 12.1 Å². The molecule has 1 aliphatic rings. The molecule has 1 saturated heterocycles. The first-order valence-electron chi connectivity index (χ1n) is 6.91. The van der Waals surface area contributed by atoms with E-state index in [0.29, 0.717) is 18.0 Å². The number of rotatable bonds is 4. The SMILES string of the molecule is C[C@@H]1C[C@H](C(=O)OCCc2cccc(Cl)c2F)CCN1. The van der Waals surface area contributed by atoms with Gasteiger partial charge in [0, 0.05) is 12.5 Å². The quantitative estimate of drug-likeness (QED) is 0.869. The molecule has 0 amide bonds. The average molecular weight is 300 g/mol. The summed E-state index contributed by atoms with van der Waals surface area (Å²) >= 11 is 5.70. The molecule has 3 nitrogen and oxygen atoms in total. The van der Waals surface area contributed by atoms with Gasteiger partial charge in [0.05, 0.1) is 17.5 Å². The number of hydrogen-bond donors (Lipinski definition) is 1. The van der Waals surface area contributed by atoms with E-state index >= 15 is 0 Å². The summed E-state index contributed by atoms with van der Waals surface area (Å²) in [5, 5.41) is 3.39. The summed E-state index contributed by atoms with van der Waals surface area (Å²) in [7, 11) is 0. The van der Waals surface area contributed by atoms with Crippen LogP contribution >= 0.6 is 11.6 Å². The Balaban J connectivity index is 1.80. The van der Waals surface area contributed by atoms with E-state index in [1.165, 1.54) is 6.07 Å². The van der Waals surface area contributed by atoms with Gasteiger partial charge < -0.3 is 10.1 Å². The van der Waals surface area contributed by atoms with Crippen molar-refractivity contribution < 1.29 is 13.9 Å². The fourth-order valence-electron chi connectivity index (χ4n) is 2.47. The number of hydrogen-bond acceptors (Lipinski definition) is 3. The summed E-state index contributed by atoms with van der Waals surface area (Å²) in [6.45, 7) is 3.08. The Hall–Kier alpha value is -1.13. The Morgan fingerprint density at radius 1 is 1.55 bits per heavy atom. The van der Waals surface area contributed by atoms with E-state index in [0.717, 1.165) is 19.4 Å². The van der Waals surface area contributed by atoms with Crippen LogP contribution in [-0.4, -0.2) is 25.2 Å². The minimum Gasteiger partial charge on any atom is -0.465 e. The minimum absolute atomic E-state index is 0.0459. The number of carbonyl (C=O) groups is 1. The summed E-state index contributed by atoms with van der Waals surface area (Å²) in [5.41, 5.74) is 0.476. The van der Waals surface area contributed by atoms with Gasteiger partial charge in [0.25, 0.3) is 0 Å². The zero-order valence-electron chi connectivity index (χ0n) is 11.5. The van der Waals surface area contributed by atoms with Crippen molar-refractivity contribution >= 4 is 17.6 Å². The van der Waals surface area contributed by atoms with Crippen LogP contribution in [-0.2, 0) is 16.0 Å². The van der Waals surface area contributed by atoms with Gasteiger partial charge in [-0.05, 0) is 37.9 Å². The largest absolute Gasteiger partial charge is 0.465 e. The second-order valence-electron chi connectivity index (χ2n) is 5.21. The Kier molecular flexibility index (Phi) is 5.38. The molecule has 1 heterocycles. The van der Waals surface area contributed by atoms with Crippen molar-refractivity contribution in [3.05, 3.63) is 34.6 Å². The normalized spacial score (nSPS) is 22.6. The number of halogens is 2. The smallest absolute Gasteiger partial charge is 0.309 e. The molecule has 0 radical (unpaired) electrons. The van der Waals surface area contributed by atoms with Crippen LogP contribution in [0.5, 0.6) is 0 Å². The molecular formula is C15H19ClFNO2. The lowest BCUT2D eigenvalue weighted by molar-refractivity contribution is -0.149. The van der Waals surface area contributed by atoms with Gasteiger partial charge in [0.2, 0.25) is 0 Å². The summed E-state index contributed by atoms with van der Waals surface area (Å²) in [5.74, 6) is -0.656. The molecular weight excluding hydrogens is 281 g/mol. The second-order valence-corrected chi connectivity index (χ2v) is 5.61. The zero-order valence-corrected chi connectivity index (χ0v) is 12.3. The van der Waals surface area contributed by atoms with E-state index < -0.39 is 5.82 Å². The molecule has 0 aliphatic carbocycles. The fraction of sp³-hybridized carbons (Fsp3) is 0.533. The van der Waals surface area contributed by atoms with Crippen molar-refractivity contribution in [1.29, 1.82) is 0 Å². The highest BCUT2D eigenvalue weighted by Crippen LogP contribution is 2.20. The van der Waals surface area contributed by atoms with Gasteiger partial charge in [-0.15, -0.1) is 0 Å². The molecule has 0 saturated carbocycles. The Bertz CT molecular complexity index is 481. The summed E-state index contributed by atoms with van der Waals surface area (Å²) in [6, 6.07) is 5.19. The van der Waals surface area contributed by atoms with Crippen LogP contribution in [0.4, 0.5) is 4.39 Å². The van der Waals surface area contributed by atoms with Crippen LogP contribution in [0.3, 0.4) is 0 Å². The van der Waals surface area contributed by atoms with E-state index in [4.69, 9.17) is 16.3 Å². The van der Waals surface area contributed by atoms with E-state index in [-0.39, 0.29) is 23.5 Å². The molecule has 0 aromatic heterocycles. The molecule has 20 heavy (non-hydrogen) atoms. The van der Waals surface area contributed by atoms with Crippen LogP contribution in [0.25, 0.3) is 0 Å². The number of piperidine rings is 1. The van der Waals surface area contributed by atoms with Crippen molar-refractivity contribution in [2.24, 2.45) is 5.92 Å². The molecule has 1 fully saturated rings. The first kappa shape index (κ1) is 15.3. The lowest BCUT2D eigenvalue weighted by atomic mass is 9.93. The van der Waals surface area contributed by atoms with Gasteiger partial charge in [0.15, 0.2) is 0 Å². The first-order valence-corrected chi connectivity index (χ1v) is 7.28. The number of ether oxygens (including phenoxy) is 1. The molecule has 1 N–H and O–H groups in total. The van der Waals surface area contributed by atoms with Crippen molar-refractivity contribution in [3.8, 4) is 0 Å². The molecule has 1 aromatic rings. The monoisotopic (exact) mass is 299 g/mol. The van der Waals surface area contributed by atoms with E-state index in [9.17, 15) is 9.18 Å². The highest BCUT2D eigenvalue weighted by atomic mass is 35.5. The average Bonchev–Trinajstić information content (AvgIpc) is 2.43. The lowest BCUT2D eigenvalue weighted by Crippen LogP contribution is -2.39. The summed E-state index contributed by atoms with van der Waals surface area (Å²) < 4.78 is 18.9. The Morgan fingerprint density at radius 2 is 2.35 bits per heavy atom. The standard InChI is InChI=1S/C15H19ClFNO2/c1-10-9-12(5-7-18-10)15(19)20-8-6-11-3-2-4-13(16)14(11)17/h2-4,10,12,18H,5-9H2,1H3/t10-,12-/m1/s1. The maximum absolute atomic E-state index is 13.7. The molecule has 5 heteroatoms. The lowest BCUT2D eigenvalue weighted by Gasteiger charge is -2.26. The van der Waals surface area contributed by atoms with Crippen LogP contribution in [0.15, 0.2) is 18.2 Å². The Labute approximate surface area is 123 Å². The van der Waals surface area contributed by atoms with Gasteiger partial charge in [-0.1, -0.05) is 23.7 Å². The topological polar surface area (TPSA) is 38.3 Å². The van der Waals surface area contributed by atoms with Crippen LogP contribution in [0.2, 0.25) is 5.02 Å². The molecule has 2 rings (SSSR count). The number of benzene rings is 1. The highest BCUT2D eigenvalue weighted by molar-refractivity contribution is 6.30. The van der Waals surface area contributed by atoms with Crippen molar-refractivity contribution in [2.75, 3.05) is 13.2 Å². The van der Waals surface area contributed by atoms with Crippen molar-refractivity contribution in [3.63, 3.8) is 0 Å². The van der Waals surface area contributed by atoms with Gasteiger partial charge in [-0.25, -0.2) is 4.39 Å². The number of carbonyl (C=O) groups excluding carboxylic acids is 1. The maximum atomic E-state index is 13.7. The number of nitrogens with one attached hydrogen (secondary N) is 1. The predicted octanol–water partition coefficient (Wildman–Crippen LogP) is 2.95. The molecule has 0 spiro atoms. The van der Waals surface area contributed by atoms with Crippen LogP contribution < -0.4 is 5.32 Å². The van der Waals surface area contributed by atoms with Gasteiger partial charge in [-0.2, -0.15) is 0 Å². The zero-order chi connectivity index (χ0) is 14.5. The Morgan fingerprint density at radius 3 is 3.10 bits per heavy atom. The van der Waals surface area contributed by atoms with Crippen LogP contribution in [0.1, 0.15) is 25.3 Å². The van der Waals surface area contributed by atoms with E-state index in [2.05, 4.69) is 12.2 Å². The van der Waals surface area contributed by atoms with Gasteiger partial charge in [-0.3, -0.25) is 4.79 Å². The maximum Gasteiger partial charge on any atom is 0.309 e. The van der Waals surface area contributed by atoms with Gasteiger partial charge >= 0.3 is 5.97 Å². The summed E-state index contributed by atoms with van der Waals surface area (Å²) in [4.78, 5) is 11.9. The highest BCUT2D eigenvalue weighted by Gasteiger charge is 2.25. The molecule has 1 aromatic carbocycles. The third-order valence-electron chi connectivity index (χ3n) is 3.60. The fourth-order valence-corrected chi connectivity index (χ4v) is 2.66. The third-order valence-corrected chi connectivity index (χ3v) is 3.90. The van der Waals surface area contributed by atoms with Crippen molar-refractivity contribution in [1.82, 2.24) is 5.32 Å². The molecule has 0 bridgehead atoms. The molecule has 110 valence electrons. The first-order chi connectivity index (χ1) is 9.58. The molecule has 2 atom stereocenters. The van der Waals surface area contributed by atoms with E-state index in [1.807, 2.05) is 0 Å². The van der Waals surface area contributed by atoms with Gasteiger partial charge in [0.1, 0.15) is 5.82 Å². The second kappa shape index (κ2) is 7.04. The molecule has 0 unspecified atom stereocenters. The minimum atomic E-state index is -0.430. The van der Waals surface area contributed by atoms with Crippen molar-refractivity contribution in [2.45, 2.75) is 32.2 Å².